The van der Waals surface area contributed by atoms with Crippen molar-refractivity contribution in [1.82, 2.24) is 9.61 Å². The van der Waals surface area contributed by atoms with Crippen LogP contribution in [0.2, 0.25) is 0 Å². The van der Waals surface area contributed by atoms with Gasteiger partial charge in [0.05, 0.1) is 23.5 Å². The summed E-state index contributed by atoms with van der Waals surface area (Å²) in [5.41, 5.74) is 5.80. The molecule has 2 aromatic carbocycles. The molecule has 1 amide bonds. The van der Waals surface area contributed by atoms with Crippen molar-refractivity contribution in [2.75, 3.05) is 23.3 Å². The number of nitrogens with zero attached hydrogens (tertiary/aromatic N) is 4. The van der Waals surface area contributed by atoms with E-state index < -0.39 is 6.09 Å². The number of nitrogens with one attached hydrogen (secondary N) is 1. The number of anilines is 2. The van der Waals surface area contributed by atoms with Crippen LogP contribution in [0.5, 0.6) is 0 Å². The Hall–Kier alpha value is -4.31. The molecule has 4 aromatic rings. The molecule has 1 fully saturated rings. The van der Waals surface area contributed by atoms with E-state index in [9.17, 15) is 10.1 Å². The second-order valence-corrected chi connectivity index (χ2v) is 8.40. The van der Waals surface area contributed by atoms with Gasteiger partial charge in [-0.25, -0.2) is 9.31 Å². The first-order valence-electron chi connectivity index (χ1n) is 11.4. The van der Waals surface area contributed by atoms with Gasteiger partial charge in [0.25, 0.3) is 0 Å². The number of piperidine rings is 1. The highest BCUT2D eigenvalue weighted by Crippen LogP contribution is 2.34. The summed E-state index contributed by atoms with van der Waals surface area (Å²) in [5, 5.41) is 16.6. The van der Waals surface area contributed by atoms with E-state index in [1.165, 1.54) is 0 Å². The van der Waals surface area contributed by atoms with E-state index in [4.69, 9.17) is 4.74 Å². The summed E-state index contributed by atoms with van der Waals surface area (Å²) in [6.07, 6.45) is 5.08. The summed E-state index contributed by atoms with van der Waals surface area (Å²) >= 11 is 0. The number of benzene rings is 2. The molecule has 0 radical (unpaired) electrons. The van der Waals surface area contributed by atoms with E-state index in [2.05, 4.69) is 27.5 Å². The molecule has 7 heteroatoms. The number of aromatic nitrogens is 2. The Morgan fingerprint density at radius 2 is 1.82 bits per heavy atom. The van der Waals surface area contributed by atoms with Crippen molar-refractivity contribution in [1.29, 1.82) is 5.26 Å². The minimum absolute atomic E-state index is 0.139. The number of ether oxygens (including phenoxy) is 1. The van der Waals surface area contributed by atoms with Crippen LogP contribution in [0.1, 0.15) is 18.4 Å². The highest BCUT2D eigenvalue weighted by Gasteiger charge is 2.22. The molecule has 0 unspecified atom stereocenters. The molecule has 170 valence electrons. The SMILES string of the molecule is N#CC1CCN(c2cccn3ncc(-c4ccc(NC(=O)OCc5ccccc5)cc4)c23)CC1. The predicted molar refractivity (Wildman–Crippen MR) is 131 cm³/mol. The second-order valence-electron chi connectivity index (χ2n) is 8.40. The van der Waals surface area contributed by atoms with Gasteiger partial charge in [0.15, 0.2) is 0 Å². The van der Waals surface area contributed by atoms with E-state index in [-0.39, 0.29) is 12.5 Å². The zero-order valence-electron chi connectivity index (χ0n) is 18.7. The Morgan fingerprint density at radius 1 is 1.06 bits per heavy atom. The molecular formula is C27H25N5O2. The van der Waals surface area contributed by atoms with Crippen molar-refractivity contribution in [2.45, 2.75) is 19.4 Å². The molecule has 34 heavy (non-hydrogen) atoms. The molecule has 7 nitrogen and oxygen atoms in total. The number of hydrogen-bond acceptors (Lipinski definition) is 5. The fraction of sp³-hybridized carbons (Fsp3) is 0.222. The monoisotopic (exact) mass is 451 g/mol. The summed E-state index contributed by atoms with van der Waals surface area (Å²) in [6.45, 7) is 1.94. The Morgan fingerprint density at radius 3 is 2.56 bits per heavy atom. The highest BCUT2D eigenvalue weighted by molar-refractivity contribution is 5.91. The quantitative estimate of drug-likeness (QED) is 0.434. The zero-order chi connectivity index (χ0) is 23.3. The number of carbonyl (C=O) groups excluding carboxylic acids is 1. The number of hydrogen-bond donors (Lipinski definition) is 1. The number of nitriles is 1. The highest BCUT2D eigenvalue weighted by atomic mass is 16.5. The minimum atomic E-state index is -0.490. The first kappa shape index (κ1) is 21.5. The van der Waals surface area contributed by atoms with Crippen LogP contribution >= 0.6 is 0 Å². The van der Waals surface area contributed by atoms with E-state index in [0.29, 0.717) is 5.69 Å². The van der Waals surface area contributed by atoms with Gasteiger partial charge in [-0.3, -0.25) is 5.32 Å². The lowest BCUT2D eigenvalue weighted by Gasteiger charge is -2.31. The number of rotatable bonds is 5. The fourth-order valence-electron chi connectivity index (χ4n) is 4.35. The molecule has 1 N–H and O–H groups in total. The van der Waals surface area contributed by atoms with E-state index in [1.807, 2.05) is 77.6 Å². The second kappa shape index (κ2) is 9.67. The Labute approximate surface area is 198 Å². The van der Waals surface area contributed by atoms with Gasteiger partial charge in [0, 0.05) is 36.5 Å². The molecule has 1 aliphatic rings. The average Bonchev–Trinajstić information content (AvgIpc) is 3.33. The van der Waals surface area contributed by atoms with Crippen LogP contribution in [0.15, 0.2) is 79.1 Å². The normalized spacial score (nSPS) is 14.0. The molecule has 0 aliphatic carbocycles. The van der Waals surface area contributed by atoms with Crippen LogP contribution < -0.4 is 10.2 Å². The largest absolute Gasteiger partial charge is 0.444 e. The molecule has 1 saturated heterocycles. The molecule has 3 heterocycles. The van der Waals surface area contributed by atoms with Gasteiger partial charge < -0.3 is 9.64 Å². The predicted octanol–water partition coefficient (Wildman–Crippen LogP) is 5.49. The van der Waals surface area contributed by atoms with Crippen molar-refractivity contribution in [3.8, 4) is 17.2 Å². The molecule has 0 saturated carbocycles. The molecule has 1 aliphatic heterocycles. The van der Waals surface area contributed by atoms with Gasteiger partial charge >= 0.3 is 6.09 Å². The summed E-state index contributed by atoms with van der Waals surface area (Å²) in [5.74, 6) is 0.139. The maximum absolute atomic E-state index is 12.2. The minimum Gasteiger partial charge on any atom is -0.444 e. The third-order valence-electron chi connectivity index (χ3n) is 6.19. The maximum Gasteiger partial charge on any atom is 0.411 e. The fourth-order valence-corrected chi connectivity index (χ4v) is 4.35. The van der Waals surface area contributed by atoms with Crippen LogP contribution in [-0.2, 0) is 11.3 Å². The smallest absolute Gasteiger partial charge is 0.411 e. The molecule has 0 bridgehead atoms. The van der Waals surface area contributed by atoms with E-state index in [1.54, 1.807) is 0 Å². The number of amides is 1. The Balaban J connectivity index is 1.31. The molecular weight excluding hydrogens is 426 g/mol. The lowest BCUT2D eigenvalue weighted by Crippen LogP contribution is -2.33. The van der Waals surface area contributed by atoms with Crippen LogP contribution in [0, 0.1) is 17.2 Å². The van der Waals surface area contributed by atoms with Gasteiger partial charge in [-0.15, -0.1) is 0 Å². The van der Waals surface area contributed by atoms with Gasteiger partial charge in [-0.2, -0.15) is 10.4 Å². The lowest BCUT2D eigenvalue weighted by atomic mass is 9.97. The number of fused-ring (bicyclic) bond motifs is 1. The van der Waals surface area contributed by atoms with Crippen molar-refractivity contribution in [3.63, 3.8) is 0 Å². The topological polar surface area (TPSA) is 82.7 Å². The van der Waals surface area contributed by atoms with E-state index in [0.717, 1.165) is 53.8 Å². The average molecular weight is 452 g/mol. The molecule has 5 rings (SSSR count). The van der Waals surface area contributed by atoms with Crippen molar-refractivity contribution in [3.05, 3.63) is 84.7 Å². The Bertz CT molecular complexity index is 1320. The van der Waals surface area contributed by atoms with Crippen LogP contribution in [0.4, 0.5) is 16.2 Å². The van der Waals surface area contributed by atoms with Crippen molar-refractivity contribution >= 4 is 23.0 Å². The zero-order valence-corrected chi connectivity index (χ0v) is 18.7. The van der Waals surface area contributed by atoms with E-state index >= 15 is 0 Å². The maximum atomic E-state index is 12.2. The first-order valence-corrected chi connectivity index (χ1v) is 11.4. The van der Waals surface area contributed by atoms with Crippen LogP contribution in [0.25, 0.3) is 16.6 Å². The Kier molecular flexibility index (Phi) is 6.13. The van der Waals surface area contributed by atoms with Gasteiger partial charge in [-0.05, 0) is 48.2 Å². The summed E-state index contributed by atoms with van der Waals surface area (Å²) < 4.78 is 7.20. The van der Waals surface area contributed by atoms with Gasteiger partial charge in [0.1, 0.15) is 6.61 Å². The standard InChI is InChI=1S/C27H25N5O2/c28-17-20-12-15-31(16-13-20)25-7-4-14-32-26(25)24(18-29-32)22-8-10-23(11-9-22)30-27(33)34-19-21-5-2-1-3-6-21/h1-11,14,18,20H,12-13,15-16,19H2,(H,30,33). The third kappa shape index (κ3) is 4.57. The number of pyridine rings is 1. The molecule has 0 spiro atoms. The molecule has 2 aromatic heterocycles. The third-order valence-corrected chi connectivity index (χ3v) is 6.19. The van der Waals surface area contributed by atoms with Crippen LogP contribution in [0.3, 0.4) is 0 Å². The van der Waals surface area contributed by atoms with Crippen molar-refractivity contribution < 1.29 is 9.53 Å². The van der Waals surface area contributed by atoms with Gasteiger partial charge in [0.2, 0.25) is 0 Å². The van der Waals surface area contributed by atoms with Crippen molar-refractivity contribution in [2.24, 2.45) is 5.92 Å². The van der Waals surface area contributed by atoms with Crippen LogP contribution in [-0.4, -0.2) is 28.8 Å². The summed E-state index contributed by atoms with van der Waals surface area (Å²) in [6, 6.07) is 23.8. The lowest BCUT2D eigenvalue weighted by molar-refractivity contribution is 0.155. The number of carbonyl (C=O) groups is 1. The molecule has 0 atom stereocenters. The van der Waals surface area contributed by atoms with Gasteiger partial charge in [-0.1, -0.05) is 42.5 Å². The summed E-state index contributed by atoms with van der Waals surface area (Å²) in [4.78, 5) is 14.5. The summed E-state index contributed by atoms with van der Waals surface area (Å²) in [7, 11) is 0. The first-order chi connectivity index (χ1) is 16.7.